The van der Waals surface area contributed by atoms with Crippen molar-refractivity contribution < 1.29 is 9.13 Å². The predicted octanol–water partition coefficient (Wildman–Crippen LogP) is 2.68. The van der Waals surface area contributed by atoms with E-state index in [1.54, 1.807) is 6.07 Å². The van der Waals surface area contributed by atoms with E-state index in [1.165, 1.54) is 0 Å². The molecular formula is C24H32FN5O2. The van der Waals surface area contributed by atoms with Gasteiger partial charge in [-0.25, -0.2) is 9.37 Å². The number of hydrogen-bond donors (Lipinski definition) is 1. The zero-order valence-corrected chi connectivity index (χ0v) is 18.9. The normalized spacial score (nSPS) is 24.1. The third-order valence-electron chi connectivity index (χ3n) is 6.72. The Balaban J connectivity index is 1.31. The summed E-state index contributed by atoms with van der Waals surface area (Å²) in [5, 5.41) is 0. The molecular weight excluding hydrogens is 409 g/mol. The molecule has 3 aliphatic rings. The summed E-state index contributed by atoms with van der Waals surface area (Å²) in [5.74, 6) is 0.479. The number of fused-ring (bicyclic) bond motifs is 1. The van der Waals surface area contributed by atoms with Crippen LogP contribution in [0.4, 0.5) is 16.0 Å². The zero-order chi connectivity index (χ0) is 22.2. The molecule has 0 spiro atoms. The number of ether oxygens (including phenoxy) is 1. The van der Waals surface area contributed by atoms with Gasteiger partial charge in [-0.2, -0.15) is 0 Å². The van der Waals surface area contributed by atoms with Crippen molar-refractivity contribution in [1.29, 1.82) is 0 Å². The van der Waals surface area contributed by atoms with E-state index in [4.69, 9.17) is 9.72 Å². The molecule has 0 aliphatic carbocycles. The number of nitrogens with one attached hydrogen (secondary N) is 1. The van der Waals surface area contributed by atoms with Crippen molar-refractivity contribution in [2.24, 2.45) is 0 Å². The summed E-state index contributed by atoms with van der Waals surface area (Å²) in [6, 6.07) is 5.60. The number of rotatable bonds is 4. The molecule has 3 aliphatic heterocycles. The summed E-state index contributed by atoms with van der Waals surface area (Å²) < 4.78 is 20.5. The van der Waals surface area contributed by atoms with E-state index in [1.807, 2.05) is 26.0 Å². The maximum absolute atomic E-state index is 14.7. The Bertz CT molecular complexity index is 1030. The van der Waals surface area contributed by atoms with E-state index < -0.39 is 0 Å². The summed E-state index contributed by atoms with van der Waals surface area (Å²) in [6.07, 6.45) is 3.10. The van der Waals surface area contributed by atoms with Gasteiger partial charge >= 0.3 is 0 Å². The maximum atomic E-state index is 14.7. The number of H-pyrrole nitrogens is 1. The van der Waals surface area contributed by atoms with Gasteiger partial charge in [0.2, 0.25) is 5.95 Å². The largest absolute Gasteiger partial charge is 0.372 e. The van der Waals surface area contributed by atoms with E-state index in [0.29, 0.717) is 44.2 Å². The molecule has 8 heteroatoms. The topological polar surface area (TPSA) is 64.7 Å². The van der Waals surface area contributed by atoms with Crippen molar-refractivity contribution in [3.8, 4) is 0 Å². The Kier molecular flexibility index (Phi) is 5.90. The molecule has 0 bridgehead atoms. The highest BCUT2D eigenvalue weighted by molar-refractivity contribution is 5.50. The van der Waals surface area contributed by atoms with Gasteiger partial charge in [-0.3, -0.25) is 14.7 Å². The van der Waals surface area contributed by atoms with E-state index in [9.17, 15) is 9.18 Å². The van der Waals surface area contributed by atoms with E-state index >= 15 is 0 Å². The molecule has 32 heavy (non-hydrogen) atoms. The lowest BCUT2D eigenvalue weighted by molar-refractivity contribution is -0.00576. The fraction of sp³-hybridized carbons (Fsp3) is 0.583. The van der Waals surface area contributed by atoms with Crippen molar-refractivity contribution in [2.45, 2.75) is 58.4 Å². The van der Waals surface area contributed by atoms with Crippen LogP contribution in [0.25, 0.3) is 0 Å². The van der Waals surface area contributed by atoms with Crippen molar-refractivity contribution >= 4 is 11.6 Å². The van der Waals surface area contributed by atoms with Crippen LogP contribution < -0.4 is 15.4 Å². The molecule has 7 nitrogen and oxygen atoms in total. The third-order valence-corrected chi connectivity index (χ3v) is 6.72. The van der Waals surface area contributed by atoms with E-state index in [-0.39, 0.29) is 23.6 Å². The molecule has 0 amide bonds. The number of benzene rings is 1. The van der Waals surface area contributed by atoms with Crippen LogP contribution in [0.1, 0.15) is 43.5 Å². The van der Waals surface area contributed by atoms with Gasteiger partial charge in [0.25, 0.3) is 5.56 Å². The van der Waals surface area contributed by atoms with Crippen molar-refractivity contribution in [2.75, 3.05) is 42.5 Å². The highest BCUT2D eigenvalue weighted by Gasteiger charge is 2.27. The lowest BCUT2D eigenvalue weighted by Gasteiger charge is -2.36. The van der Waals surface area contributed by atoms with Gasteiger partial charge in [0.1, 0.15) is 5.82 Å². The molecule has 0 radical (unpaired) electrons. The SMILES string of the molecule is C[C@H]1CN(c2nc3c(c(=O)[nH]2)CCN(Cc2ccc(N4CCCC4)c(F)c2)C3)C[C@H](C)O1. The average molecular weight is 442 g/mol. The first kappa shape index (κ1) is 21.4. The smallest absolute Gasteiger partial charge is 0.255 e. The quantitative estimate of drug-likeness (QED) is 0.787. The number of aromatic amines is 1. The Hall–Kier alpha value is -2.45. The van der Waals surface area contributed by atoms with Crippen LogP contribution in [-0.2, 0) is 24.2 Å². The second-order valence-corrected chi connectivity index (χ2v) is 9.42. The molecule has 5 rings (SSSR count). The Labute approximate surface area is 188 Å². The van der Waals surface area contributed by atoms with Gasteiger partial charge in [-0.05, 0) is 50.8 Å². The lowest BCUT2D eigenvalue weighted by atomic mass is 10.1. The standard InChI is InChI=1S/C24H32FN5O2/c1-16-12-30(13-17(2)32-16)24-26-21-15-28(10-7-19(21)23(31)27-24)14-18-5-6-22(20(25)11-18)29-8-3-4-9-29/h5-6,11,16-17H,3-4,7-10,12-15H2,1-2H3,(H,26,27,31)/t16-,17-/m0/s1. The van der Waals surface area contributed by atoms with Crippen molar-refractivity contribution in [1.82, 2.24) is 14.9 Å². The monoisotopic (exact) mass is 441 g/mol. The predicted molar refractivity (Wildman–Crippen MR) is 123 cm³/mol. The van der Waals surface area contributed by atoms with Crippen LogP contribution in [0.2, 0.25) is 0 Å². The highest BCUT2D eigenvalue weighted by Crippen LogP contribution is 2.26. The molecule has 2 saturated heterocycles. The van der Waals surface area contributed by atoms with Crippen molar-refractivity contribution in [3.63, 3.8) is 0 Å². The first-order valence-electron chi connectivity index (χ1n) is 11.7. The number of halogens is 1. The van der Waals surface area contributed by atoms with Gasteiger partial charge in [-0.15, -0.1) is 0 Å². The summed E-state index contributed by atoms with van der Waals surface area (Å²) in [6.45, 7) is 9.35. The summed E-state index contributed by atoms with van der Waals surface area (Å²) in [7, 11) is 0. The zero-order valence-electron chi connectivity index (χ0n) is 18.9. The van der Waals surface area contributed by atoms with Crippen LogP contribution in [0.3, 0.4) is 0 Å². The molecule has 1 N–H and O–H groups in total. The first-order chi connectivity index (χ1) is 15.5. The molecule has 172 valence electrons. The summed E-state index contributed by atoms with van der Waals surface area (Å²) in [5.41, 5.74) is 3.22. The van der Waals surface area contributed by atoms with Gasteiger partial charge in [-0.1, -0.05) is 6.07 Å². The van der Waals surface area contributed by atoms with Gasteiger partial charge in [0, 0.05) is 51.4 Å². The maximum Gasteiger partial charge on any atom is 0.255 e. The van der Waals surface area contributed by atoms with Crippen molar-refractivity contribution in [3.05, 3.63) is 51.2 Å². The molecule has 0 unspecified atom stereocenters. The van der Waals surface area contributed by atoms with Gasteiger partial charge in [0.05, 0.1) is 23.6 Å². The lowest BCUT2D eigenvalue weighted by Crippen LogP contribution is -2.47. The fourth-order valence-corrected chi connectivity index (χ4v) is 5.24. The second-order valence-electron chi connectivity index (χ2n) is 9.42. The van der Waals surface area contributed by atoms with Crippen LogP contribution in [0.5, 0.6) is 0 Å². The average Bonchev–Trinajstić information content (AvgIpc) is 3.27. The minimum atomic E-state index is -0.144. The molecule has 0 saturated carbocycles. The molecule has 2 fully saturated rings. The molecule has 4 heterocycles. The summed E-state index contributed by atoms with van der Waals surface area (Å²) >= 11 is 0. The molecule has 1 aromatic heterocycles. The number of morpholine rings is 1. The van der Waals surface area contributed by atoms with Crippen LogP contribution in [0, 0.1) is 5.82 Å². The van der Waals surface area contributed by atoms with E-state index in [0.717, 1.165) is 49.3 Å². The van der Waals surface area contributed by atoms with Gasteiger partial charge < -0.3 is 14.5 Å². The second kappa shape index (κ2) is 8.83. The first-order valence-corrected chi connectivity index (χ1v) is 11.7. The summed E-state index contributed by atoms with van der Waals surface area (Å²) in [4.78, 5) is 27.0. The van der Waals surface area contributed by atoms with Crippen LogP contribution >= 0.6 is 0 Å². The number of hydrogen-bond acceptors (Lipinski definition) is 6. The highest BCUT2D eigenvalue weighted by atomic mass is 19.1. The Morgan fingerprint density at radius 1 is 1.12 bits per heavy atom. The number of anilines is 2. The van der Waals surface area contributed by atoms with E-state index in [2.05, 4.69) is 19.7 Å². The molecule has 2 aromatic rings. The molecule has 1 aromatic carbocycles. The van der Waals surface area contributed by atoms with Crippen LogP contribution in [0.15, 0.2) is 23.0 Å². The number of nitrogens with zero attached hydrogens (tertiary/aromatic N) is 4. The minimum Gasteiger partial charge on any atom is -0.372 e. The fourth-order valence-electron chi connectivity index (χ4n) is 5.24. The van der Waals surface area contributed by atoms with Crippen LogP contribution in [-0.4, -0.2) is 59.8 Å². The number of aromatic nitrogens is 2. The van der Waals surface area contributed by atoms with Gasteiger partial charge in [0.15, 0.2) is 0 Å². The Morgan fingerprint density at radius 3 is 2.59 bits per heavy atom. The minimum absolute atomic E-state index is 0.0440. The molecule has 2 atom stereocenters. The Morgan fingerprint density at radius 2 is 1.88 bits per heavy atom. The third kappa shape index (κ3) is 4.38.